The zero-order chi connectivity index (χ0) is 23.2. The number of carbonyl (C=O) groups is 2. The van der Waals surface area contributed by atoms with Crippen LogP contribution in [0.5, 0.6) is 0 Å². The smallest absolute Gasteiger partial charge is 0.326 e. The molecule has 0 saturated carbocycles. The van der Waals surface area contributed by atoms with Gasteiger partial charge in [-0.2, -0.15) is 0 Å². The van der Waals surface area contributed by atoms with Crippen molar-refractivity contribution in [2.45, 2.75) is 25.3 Å². The van der Waals surface area contributed by atoms with Crippen LogP contribution < -0.4 is 15.5 Å². The van der Waals surface area contributed by atoms with Crippen molar-refractivity contribution in [2.24, 2.45) is 0 Å². The van der Waals surface area contributed by atoms with Gasteiger partial charge in [0.2, 0.25) is 0 Å². The Bertz CT molecular complexity index is 1010. The molecule has 0 aliphatic carbocycles. The summed E-state index contributed by atoms with van der Waals surface area (Å²) in [4.78, 5) is 34.4. The van der Waals surface area contributed by atoms with E-state index in [1.54, 1.807) is 40.9 Å². The van der Waals surface area contributed by atoms with Gasteiger partial charge >= 0.3 is 6.03 Å². The van der Waals surface area contributed by atoms with Gasteiger partial charge in [0.1, 0.15) is 5.03 Å². The van der Waals surface area contributed by atoms with E-state index in [9.17, 15) is 9.59 Å². The molecular formula is C24H31N5O3S. The fourth-order valence-electron chi connectivity index (χ4n) is 4.13. The molecule has 1 saturated heterocycles. The highest BCUT2D eigenvalue weighted by atomic mass is 32.2. The number of carbonyl (C=O) groups excluding carboxylic acids is 2. The second kappa shape index (κ2) is 11.0. The molecule has 0 spiro atoms. The van der Waals surface area contributed by atoms with E-state index in [0.29, 0.717) is 24.3 Å². The van der Waals surface area contributed by atoms with E-state index in [2.05, 4.69) is 20.5 Å². The fraction of sp³-hybridized carbons (Fsp3) is 0.458. The number of anilines is 2. The largest absolute Gasteiger partial charge is 0.379 e. The molecule has 2 aliphatic rings. The maximum absolute atomic E-state index is 13.1. The van der Waals surface area contributed by atoms with Crippen LogP contribution in [0.3, 0.4) is 0 Å². The molecule has 2 aliphatic heterocycles. The molecule has 1 fully saturated rings. The lowest BCUT2D eigenvalue weighted by Crippen LogP contribution is -2.39. The van der Waals surface area contributed by atoms with Gasteiger partial charge in [-0.3, -0.25) is 14.6 Å². The molecule has 0 radical (unpaired) electrons. The number of hydrogen-bond acceptors (Lipinski definition) is 6. The van der Waals surface area contributed by atoms with Crippen LogP contribution in [-0.4, -0.2) is 73.5 Å². The number of ether oxygens (including phenoxy) is 1. The highest BCUT2D eigenvalue weighted by Crippen LogP contribution is 2.36. The number of hydrogen-bond donors (Lipinski definition) is 2. The quantitative estimate of drug-likeness (QED) is 0.632. The summed E-state index contributed by atoms with van der Waals surface area (Å²) in [5.74, 6) is 0.659. The SMILES string of the molecule is Cc1cc(C)c2c(n1)SCCN2C(=O)Nc1cccc(C(=O)NCCCN2CCOCC2)c1. The molecule has 4 rings (SSSR count). The third kappa shape index (κ3) is 6.04. The summed E-state index contributed by atoms with van der Waals surface area (Å²) in [7, 11) is 0. The van der Waals surface area contributed by atoms with Crippen LogP contribution in [-0.2, 0) is 4.74 Å². The number of aromatic nitrogens is 1. The monoisotopic (exact) mass is 469 g/mol. The number of nitrogens with zero attached hydrogens (tertiary/aromatic N) is 3. The van der Waals surface area contributed by atoms with Gasteiger partial charge in [0.05, 0.1) is 18.9 Å². The molecule has 3 amide bonds. The van der Waals surface area contributed by atoms with E-state index < -0.39 is 0 Å². The summed E-state index contributed by atoms with van der Waals surface area (Å²) in [6.07, 6.45) is 0.890. The third-order valence-corrected chi connectivity index (χ3v) is 6.71. The van der Waals surface area contributed by atoms with E-state index in [1.807, 2.05) is 19.9 Å². The molecule has 0 bridgehead atoms. The number of thioether (sulfide) groups is 1. The first-order valence-corrected chi connectivity index (χ1v) is 12.4. The Morgan fingerprint density at radius 1 is 1.15 bits per heavy atom. The van der Waals surface area contributed by atoms with Gasteiger partial charge in [-0.25, -0.2) is 9.78 Å². The first kappa shape index (κ1) is 23.5. The third-order valence-electron chi connectivity index (χ3n) is 5.76. The number of benzene rings is 1. The van der Waals surface area contributed by atoms with Crippen LogP contribution in [0.1, 0.15) is 28.0 Å². The van der Waals surface area contributed by atoms with Crippen LogP contribution in [0.15, 0.2) is 35.4 Å². The average molecular weight is 470 g/mol. The second-order valence-corrected chi connectivity index (χ2v) is 9.39. The Hall–Kier alpha value is -2.62. The molecule has 3 heterocycles. The second-order valence-electron chi connectivity index (χ2n) is 8.31. The van der Waals surface area contributed by atoms with Gasteiger partial charge in [-0.15, -0.1) is 11.8 Å². The summed E-state index contributed by atoms with van der Waals surface area (Å²) < 4.78 is 5.36. The zero-order valence-electron chi connectivity index (χ0n) is 19.2. The lowest BCUT2D eigenvalue weighted by atomic mass is 10.2. The van der Waals surface area contributed by atoms with Gasteiger partial charge in [-0.05, 0) is 56.6 Å². The van der Waals surface area contributed by atoms with E-state index >= 15 is 0 Å². The minimum atomic E-state index is -0.214. The summed E-state index contributed by atoms with van der Waals surface area (Å²) in [5, 5.41) is 6.82. The van der Waals surface area contributed by atoms with Crippen LogP contribution in [0, 0.1) is 13.8 Å². The molecule has 8 nitrogen and oxygen atoms in total. The number of fused-ring (bicyclic) bond motifs is 1. The number of morpholine rings is 1. The average Bonchev–Trinajstić information content (AvgIpc) is 2.82. The molecule has 176 valence electrons. The number of aryl methyl sites for hydroxylation is 2. The molecule has 1 aromatic carbocycles. The van der Waals surface area contributed by atoms with Gasteiger partial charge in [0.25, 0.3) is 5.91 Å². The standard InChI is InChI=1S/C24H31N5O3S/c1-17-15-18(2)26-23-21(17)29(11-14-33-23)24(31)27-20-6-3-5-19(16-20)22(30)25-7-4-8-28-9-12-32-13-10-28/h3,5-6,15-16H,4,7-14H2,1-2H3,(H,25,30)(H,27,31). The predicted molar refractivity (Wildman–Crippen MR) is 131 cm³/mol. The lowest BCUT2D eigenvalue weighted by Gasteiger charge is -2.30. The predicted octanol–water partition coefficient (Wildman–Crippen LogP) is 3.29. The van der Waals surface area contributed by atoms with Crippen molar-refractivity contribution in [1.82, 2.24) is 15.2 Å². The lowest BCUT2D eigenvalue weighted by molar-refractivity contribution is 0.0374. The molecule has 1 aromatic heterocycles. The minimum absolute atomic E-state index is 0.136. The molecule has 33 heavy (non-hydrogen) atoms. The summed E-state index contributed by atoms with van der Waals surface area (Å²) in [6.45, 7) is 9.60. The van der Waals surface area contributed by atoms with Crippen LogP contribution in [0.25, 0.3) is 0 Å². The molecule has 0 unspecified atom stereocenters. The summed E-state index contributed by atoms with van der Waals surface area (Å²) in [6, 6.07) is 8.84. The molecular weight excluding hydrogens is 438 g/mol. The van der Waals surface area contributed by atoms with Crippen molar-refractivity contribution < 1.29 is 14.3 Å². The Kier molecular flexibility index (Phi) is 7.85. The Balaban J connectivity index is 1.33. The van der Waals surface area contributed by atoms with Crippen molar-refractivity contribution in [3.8, 4) is 0 Å². The highest BCUT2D eigenvalue weighted by Gasteiger charge is 2.26. The van der Waals surface area contributed by atoms with Crippen molar-refractivity contribution >= 4 is 35.1 Å². The maximum atomic E-state index is 13.1. The zero-order valence-corrected chi connectivity index (χ0v) is 20.0. The summed E-state index contributed by atoms with van der Waals surface area (Å²) >= 11 is 1.67. The normalized spacial score (nSPS) is 16.2. The van der Waals surface area contributed by atoms with Gasteiger partial charge in [0, 0.05) is 48.9 Å². The van der Waals surface area contributed by atoms with E-state index in [0.717, 1.165) is 67.0 Å². The first-order chi connectivity index (χ1) is 16.0. The molecule has 2 aromatic rings. The minimum Gasteiger partial charge on any atom is -0.379 e. The van der Waals surface area contributed by atoms with Gasteiger partial charge in [-0.1, -0.05) is 6.07 Å². The molecule has 9 heteroatoms. The number of nitrogens with one attached hydrogen (secondary N) is 2. The Morgan fingerprint density at radius 2 is 1.97 bits per heavy atom. The van der Waals surface area contributed by atoms with E-state index in [1.165, 1.54) is 0 Å². The first-order valence-electron chi connectivity index (χ1n) is 11.4. The van der Waals surface area contributed by atoms with Crippen LogP contribution in [0.2, 0.25) is 0 Å². The Morgan fingerprint density at radius 3 is 2.79 bits per heavy atom. The number of rotatable bonds is 6. The van der Waals surface area contributed by atoms with Crippen LogP contribution in [0.4, 0.5) is 16.2 Å². The highest BCUT2D eigenvalue weighted by molar-refractivity contribution is 7.99. The number of urea groups is 1. The summed E-state index contributed by atoms with van der Waals surface area (Å²) in [5.41, 5.74) is 3.97. The molecule has 0 atom stereocenters. The molecule has 2 N–H and O–H groups in total. The Labute approximate surface area is 199 Å². The maximum Gasteiger partial charge on any atom is 0.326 e. The van der Waals surface area contributed by atoms with Crippen molar-refractivity contribution in [3.63, 3.8) is 0 Å². The van der Waals surface area contributed by atoms with Crippen molar-refractivity contribution in [2.75, 3.05) is 61.9 Å². The number of amides is 3. The topological polar surface area (TPSA) is 86.8 Å². The van der Waals surface area contributed by atoms with Crippen molar-refractivity contribution in [1.29, 1.82) is 0 Å². The van der Waals surface area contributed by atoms with Crippen molar-refractivity contribution in [3.05, 3.63) is 47.2 Å². The van der Waals surface area contributed by atoms with Gasteiger partial charge < -0.3 is 15.4 Å². The van der Waals surface area contributed by atoms with E-state index in [-0.39, 0.29) is 11.9 Å². The fourth-order valence-corrected chi connectivity index (χ4v) is 5.22. The van der Waals surface area contributed by atoms with E-state index in [4.69, 9.17) is 4.74 Å². The number of pyridine rings is 1. The van der Waals surface area contributed by atoms with Crippen LogP contribution >= 0.6 is 11.8 Å². The van der Waals surface area contributed by atoms with Gasteiger partial charge in [0.15, 0.2) is 0 Å².